The fraction of sp³-hybridized carbons (Fsp3) is 0.878. The molecule has 2 fully saturated rings. The highest BCUT2D eigenvalue weighted by Gasteiger charge is 2.68. The second kappa shape index (κ2) is 34.3. The van der Waals surface area contributed by atoms with Crippen molar-refractivity contribution in [2.45, 2.75) is 254 Å². The summed E-state index contributed by atoms with van der Waals surface area (Å²) < 4.78 is 23.7. The number of allylic oxidation sites excluding steroid dienone is 4. The molecule has 15 nitrogen and oxygen atoms in total. The van der Waals surface area contributed by atoms with Crippen LogP contribution in [0, 0.1) is 0 Å². The highest BCUT2D eigenvalue weighted by atomic mass is 16.7. The van der Waals surface area contributed by atoms with Crippen LogP contribution in [-0.4, -0.2) is 150 Å². The summed E-state index contributed by atoms with van der Waals surface area (Å²) in [5.41, 5.74) is -2.79. The van der Waals surface area contributed by atoms with E-state index in [0.717, 1.165) is 64.2 Å². The zero-order valence-corrected chi connectivity index (χ0v) is 39.1. The van der Waals surface area contributed by atoms with E-state index in [2.05, 4.69) is 38.2 Å². The molecular weight excluding hydrogens is 829 g/mol. The molecule has 2 aliphatic heterocycles. The first kappa shape index (κ1) is 58.1. The fourth-order valence-electron chi connectivity index (χ4n) is 8.77. The molecule has 0 saturated carbocycles. The van der Waals surface area contributed by atoms with Gasteiger partial charge in [-0.25, -0.2) is 0 Å². The van der Waals surface area contributed by atoms with Gasteiger partial charge < -0.3 is 64.9 Å². The lowest BCUT2D eigenvalue weighted by atomic mass is 9.73. The predicted octanol–water partition coefficient (Wildman–Crippen LogP) is 5.15. The summed E-state index contributed by atoms with van der Waals surface area (Å²) in [6.07, 6.45) is 11.1. The van der Waals surface area contributed by atoms with Gasteiger partial charge in [0, 0.05) is 12.8 Å². The van der Waals surface area contributed by atoms with E-state index in [0.29, 0.717) is 25.7 Å². The molecule has 64 heavy (non-hydrogen) atoms. The summed E-state index contributed by atoms with van der Waals surface area (Å²) in [4.78, 5) is 27.5. The molecule has 0 spiro atoms. The molecule has 0 radical (unpaired) electrons. The van der Waals surface area contributed by atoms with Crippen LogP contribution in [0.3, 0.4) is 0 Å². The Hall–Kier alpha value is -2.02. The molecule has 0 aromatic heterocycles. The molecule has 2 heterocycles. The van der Waals surface area contributed by atoms with Gasteiger partial charge in [-0.3, -0.25) is 9.59 Å². The van der Waals surface area contributed by atoms with Crippen LogP contribution in [0.4, 0.5) is 0 Å². The third kappa shape index (κ3) is 19.7. The SMILES string of the molecule is CCCCC/C=C\C/C=C\CCCCCCCC(=O)OC(CO)C(OC(=O)CCCCCCCCCCCCCCC)(C1O[C@H](CO)[C@H](O)[C@H](O)[C@H]1O)C1O[C@H](CO)[C@H](O)[C@H](O)[C@H]1O. The molecule has 2 rings (SSSR count). The van der Waals surface area contributed by atoms with E-state index in [9.17, 15) is 55.5 Å². The van der Waals surface area contributed by atoms with Crippen molar-refractivity contribution in [3.05, 3.63) is 24.3 Å². The Morgan fingerprint density at radius 2 is 0.875 bits per heavy atom. The number of rotatable bonds is 36. The Morgan fingerprint density at radius 3 is 1.30 bits per heavy atom. The minimum absolute atomic E-state index is 0.132. The van der Waals surface area contributed by atoms with E-state index < -0.39 is 105 Å². The molecule has 9 N–H and O–H groups in total. The van der Waals surface area contributed by atoms with Crippen molar-refractivity contribution in [1.29, 1.82) is 0 Å². The minimum atomic E-state index is -2.79. The molecule has 15 heteroatoms. The van der Waals surface area contributed by atoms with Crippen LogP contribution in [0.25, 0.3) is 0 Å². The van der Waals surface area contributed by atoms with Crippen molar-refractivity contribution >= 4 is 11.9 Å². The van der Waals surface area contributed by atoms with Crippen molar-refractivity contribution in [2.24, 2.45) is 0 Å². The number of unbranched alkanes of at least 4 members (excludes halogenated alkanes) is 20. The van der Waals surface area contributed by atoms with Gasteiger partial charge in [0.25, 0.3) is 0 Å². The zero-order valence-electron chi connectivity index (χ0n) is 39.1. The number of hydrogen-bond acceptors (Lipinski definition) is 15. The summed E-state index contributed by atoms with van der Waals surface area (Å²) in [6.45, 7) is 1.46. The first-order valence-corrected chi connectivity index (χ1v) is 24.9. The van der Waals surface area contributed by atoms with E-state index in [1.54, 1.807) is 0 Å². The topological polar surface area (TPSA) is 253 Å². The fourth-order valence-corrected chi connectivity index (χ4v) is 8.77. The second-order valence-corrected chi connectivity index (χ2v) is 18.0. The maximum atomic E-state index is 13.9. The summed E-state index contributed by atoms with van der Waals surface area (Å²) in [7, 11) is 0. The maximum absolute atomic E-state index is 13.9. The Labute approximate surface area is 383 Å². The number of carbonyl (C=O) groups excluding carboxylic acids is 2. The Bertz CT molecular complexity index is 1220. The Morgan fingerprint density at radius 1 is 0.500 bits per heavy atom. The van der Waals surface area contributed by atoms with Gasteiger partial charge in [-0.1, -0.05) is 147 Å². The van der Waals surface area contributed by atoms with Gasteiger partial charge in [0.15, 0.2) is 6.10 Å². The third-order valence-electron chi connectivity index (χ3n) is 12.7. The van der Waals surface area contributed by atoms with Crippen LogP contribution < -0.4 is 0 Å². The van der Waals surface area contributed by atoms with Crippen molar-refractivity contribution in [3.8, 4) is 0 Å². The van der Waals surface area contributed by atoms with Crippen molar-refractivity contribution in [1.82, 2.24) is 0 Å². The highest BCUT2D eigenvalue weighted by Crippen LogP contribution is 2.43. The van der Waals surface area contributed by atoms with E-state index in [1.807, 2.05) is 0 Å². The van der Waals surface area contributed by atoms with Gasteiger partial charge in [0.05, 0.1) is 19.8 Å². The standard InChI is InChI=1S/C49H88O15/c1-3-5-7-9-11-13-15-17-18-20-21-23-25-27-29-31-39(53)63-38(35-52)49(47-45(59)43(57)41(55)36(33-50)61-47,48-46(60)44(58)42(56)37(34-51)62-48)64-40(54)32-30-28-26-24-22-19-16-14-12-10-8-6-4-2/h11,13,17-18,36-38,41-48,50-52,55-60H,3-10,12,14-16,19-35H2,1-2H3/b13-11-,18-17-/t36-,37-,38?,41+,42+,43+,44+,45-,46-,47?,48?,49?/m1/s1. The molecule has 0 aliphatic carbocycles. The van der Waals surface area contributed by atoms with Crippen LogP contribution >= 0.6 is 0 Å². The lowest BCUT2D eigenvalue weighted by Crippen LogP contribution is -2.78. The molecule has 2 aliphatic rings. The summed E-state index contributed by atoms with van der Waals surface area (Å²) in [5.74, 6) is -1.81. The quantitative estimate of drug-likeness (QED) is 0.0224. The number of aliphatic hydroxyl groups is 9. The van der Waals surface area contributed by atoms with Gasteiger partial charge in [0.2, 0.25) is 5.60 Å². The molecule has 0 aromatic rings. The molecule has 0 amide bonds. The summed E-state index contributed by atoms with van der Waals surface area (Å²) >= 11 is 0. The van der Waals surface area contributed by atoms with Gasteiger partial charge in [-0.15, -0.1) is 0 Å². The number of carbonyl (C=O) groups is 2. The molecular formula is C49H88O15. The van der Waals surface area contributed by atoms with E-state index in [-0.39, 0.29) is 12.8 Å². The average molecular weight is 917 g/mol. The van der Waals surface area contributed by atoms with Crippen molar-refractivity contribution < 1.29 is 74.5 Å². The normalized spacial score (nSPS) is 27.8. The van der Waals surface area contributed by atoms with Crippen LogP contribution in [0.2, 0.25) is 0 Å². The van der Waals surface area contributed by atoms with E-state index in [1.165, 1.54) is 64.2 Å². The number of esters is 2. The van der Waals surface area contributed by atoms with Gasteiger partial charge in [-0.05, 0) is 44.9 Å². The van der Waals surface area contributed by atoms with Crippen molar-refractivity contribution in [2.75, 3.05) is 19.8 Å². The predicted molar refractivity (Wildman–Crippen MR) is 243 cm³/mol. The molecule has 11 atom stereocenters. The van der Waals surface area contributed by atoms with Gasteiger partial charge in [0.1, 0.15) is 61.0 Å². The summed E-state index contributed by atoms with van der Waals surface area (Å²) in [5, 5.41) is 97.6. The van der Waals surface area contributed by atoms with E-state index in [4.69, 9.17) is 18.9 Å². The van der Waals surface area contributed by atoms with Crippen LogP contribution in [0.15, 0.2) is 24.3 Å². The van der Waals surface area contributed by atoms with Crippen LogP contribution in [-0.2, 0) is 28.5 Å². The lowest BCUT2D eigenvalue weighted by molar-refractivity contribution is -0.344. The Kier molecular flexibility index (Phi) is 31.1. The van der Waals surface area contributed by atoms with Crippen LogP contribution in [0.5, 0.6) is 0 Å². The smallest absolute Gasteiger partial charge is 0.306 e. The average Bonchev–Trinajstić information content (AvgIpc) is 3.29. The molecule has 3 unspecified atom stereocenters. The number of ether oxygens (including phenoxy) is 4. The first-order chi connectivity index (χ1) is 30.9. The third-order valence-corrected chi connectivity index (χ3v) is 12.7. The number of hydrogen-bond donors (Lipinski definition) is 9. The largest absolute Gasteiger partial charge is 0.455 e. The van der Waals surface area contributed by atoms with Crippen molar-refractivity contribution in [3.63, 3.8) is 0 Å². The monoisotopic (exact) mass is 917 g/mol. The molecule has 2 saturated heterocycles. The zero-order chi connectivity index (χ0) is 47.2. The molecule has 0 aromatic carbocycles. The van der Waals surface area contributed by atoms with Gasteiger partial charge >= 0.3 is 11.9 Å². The second-order valence-electron chi connectivity index (χ2n) is 18.0. The summed E-state index contributed by atoms with van der Waals surface area (Å²) in [6, 6.07) is 0. The molecule has 374 valence electrons. The lowest BCUT2D eigenvalue weighted by Gasteiger charge is -2.55. The number of aliphatic hydroxyl groups excluding tert-OH is 9. The molecule has 0 bridgehead atoms. The van der Waals surface area contributed by atoms with Gasteiger partial charge in [-0.2, -0.15) is 0 Å². The van der Waals surface area contributed by atoms with Crippen LogP contribution in [0.1, 0.15) is 181 Å². The maximum Gasteiger partial charge on any atom is 0.306 e. The van der Waals surface area contributed by atoms with E-state index >= 15 is 0 Å². The highest BCUT2D eigenvalue weighted by molar-refractivity contribution is 5.71. The minimum Gasteiger partial charge on any atom is -0.455 e. The Balaban J connectivity index is 2.21. The first-order valence-electron chi connectivity index (χ1n) is 24.9.